The third kappa shape index (κ3) is 4.83. The topological polar surface area (TPSA) is 69.6 Å². The van der Waals surface area contributed by atoms with Crippen molar-refractivity contribution in [3.63, 3.8) is 0 Å². The molecule has 5 nitrogen and oxygen atoms in total. The van der Waals surface area contributed by atoms with Gasteiger partial charge in [-0.3, -0.25) is 14.5 Å². The molecule has 0 aliphatic carbocycles. The third-order valence-corrected chi connectivity index (χ3v) is 2.68. The second-order valence-electron chi connectivity index (χ2n) is 4.99. The molecular formula is C12H24N2O3. The lowest BCUT2D eigenvalue weighted by Crippen LogP contribution is -2.54. The Balaban J connectivity index is 4.75. The Morgan fingerprint density at radius 2 is 1.65 bits per heavy atom. The van der Waals surface area contributed by atoms with Crippen LogP contribution in [-0.4, -0.2) is 54.0 Å². The molecule has 0 aliphatic heterocycles. The quantitative estimate of drug-likeness (QED) is 0.691. The first-order valence-corrected chi connectivity index (χ1v) is 5.83. The standard InChI is InChI=1S/C12H24N2O3/c1-7(2)10(8(3)15)13-12(17)11(9(4)16)14(5)6/h7,9-11,16H,1-6H3,(H,13,17)/t9-,10+,11+/m1/s1. The van der Waals surface area contributed by atoms with Gasteiger partial charge in [0.05, 0.1) is 12.1 Å². The average Bonchev–Trinajstić information content (AvgIpc) is 2.11. The number of aliphatic hydroxyl groups excluding tert-OH is 1. The Morgan fingerprint density at radius 3 is 1.88 bits per heavy atom. The van der Waals surface area contributed by atoms with Crippen LogP contribution in [0.1, 0.15) is 27.7 Å². The number of hydrogen-bond donors (Lipinski definition) is 2. The van der Waals surface area contributed by atoms with Crippen molar-refractivity contribution in [2.75, 3.05) is 14.1 Å². The summed E-state index contributed by atoms with van der Waals surface area (Å²) in [6.07, 6.45) is -0.787. The first-order valence-electron chi connectivity index (χ1n) is 5.83. The van der Waals surface area contributed by atoms with E-state index in [0.29, 0.717) is 0 Å². The summed E-state index contributed by atoms with van der Waals surface area (Å²) in [4.78, 5) is 25.0. The molecule has 0 heterocycles. The van der Waals surface area contributed by atoms with E-state index >= 15 is 0 Å². The number of nitrogens with one attached hydrogen (secondary N) is 1. The van der Waals surface area contributed by atoms with Gasteiger partial charge in [-0.25, -0.2) is 0 Å². The fourth-order valence-electron chi connectivity index (χ4n) is 1.86. The molecule has 0 unspecified atom stereocenters. The summed E-state index contributed by atoms with van der Waals surface area (Å²) in [5, 5.41) is 12.2. The normalized spacial score (nSPS) is 16.8. The molecule has 2 N–H and O–H groups in total. The van der Waals surface area contributed by atoms with Crippen LogP contribution < -0.4 is 5.32 Å². The number of nitrogens with zero attached hydrogens (tertiary/aromatic N) is 1. The first-order chi connectivity index (χ1) is 7.68. The molecule has 3 atom stereocenters. The van der Waals surface area contributed by atoms with E-state index in [4.69, 9.17) is 0 Å². The summed E-state index contributed by atoms with van der Waals surface area (Å²) in [5.41, 5.74) is 0. The first kappa shape index (κ1) is 16.1. The van der Waals surface area contributed by atoms with Gasteiger partial charge in [0, 0.05) is 0 Å². The third-order valence-electron chi connectivity index (χ3n) is 2.68. The Morgan fingerprint density at radius 1 is 1.18 bits per heavy atom. The number of ketones is 1. The minimum absolute atomic E-state index is 0.0354. The Labute approximate surface area is 103 Å². The van der Waals surface area contributed by atoms with Crippen molar-refractivity contribution in [1.29, 1.82) is 0 Å². The van der Waals surface area contributed by atoms with Crippen molar-refractivity contribution < 1.29 is 14.7 Å². The lowest BCUT2D eigenvalue weighted by atomic mass is 9.99. The van der Waals surface area contributed by atoms with Crippen LogP contribution in [0, 0.1) is 5.92 Å². The molecule has 0 fully saturated rings. The average molecular weight is 244 g/mol. The molecule has 0 spiro atoms. The number of Topliss-reactive ketones (excluding diaryl/α,β-unsaturated/α-hetero) is 1. The molecule has 17 heavy (non-hydrogen) atoms. The van der Waals surface area contributed by atoms with Crippen molar-refractivity contribution in [2.45, 2.75) is 45.9 Å². The lowest BCUT2D eigenvalue weighted by molar-refractivity contribution is -0.133. The molecule has 0 radical (unpaired) electrons. The van der Waals surface area contributed by atoms with Crippen LogP contribution in [0.5, 0.6) is 0 Å². The number of likely N-dealkylation sites (N-methyl/N-ethyl adjacent to an activating group) is 1. The molecule has 0 aliphatic rings. The highest BCUT2D eigenvalue weighted by molar-refractivity contribution is 5.90. The summed E-state index contributed by atoms with van der Waals surface area (Å²) in [5.74, 6) is -0.358. The van der Waals surface area contributed by atoms with Gasteiger partial charge in [0.25, 0.3) is 0 Å². The van der Waals surface area contributed by atoms with E-state index in [-0.39, 0.29) is 17.6 Å². The SMILES string of the molecule is CC(=O)[C@@H](NC(=O)[C@H]([C@@H](C)O)N(C)C)C(C)C. The van der Waals surface area contributed by atoms with Gasteiger partial charge in [-0.15, -0.1) is 0 Å². The highest BCUT2D eigenvalue weighted by Crippen LogP contribution is 2.06. The van der Waals surface area contributed by atoms with Crippen molar-refractivity contribution in [2.24, 2.45) is 5.92 Å². The van der Waals surface area contributed by atoms with Gasteiger partial charge in [0.15, 0.2) is 5.78 Å². The van der Waals surface area contributed by atoms with Crippen LogP contribution in [0.25, 0.3) is 0 Å². The van der Waals surface area contributed by atoms with E-state index in [9.17, 15) is 14.7 Å². The zero-order valence-electron chi connectivity index (χ0n) is 11.5. The molecule has 0 saturated carbocycles. The number of carbonyl (C=O) groups is 2. The maximum Gasteiger partial charge on any atom is 0.240 e. The maximum atomic E-state index is 12.0. The Bertz CT molecular complexity index is 267. The maximum absolute atomic E-state index is 12.0. The number of rotatable bonds is 6. The van der Waals surface area contributed by atoms with Crippen LogP contribution in [0.15, 0.2) is 0 Å². The van der Waals surface area contributed by atoms with Crippen LogP contribution in [0.4, 0.5) is 0 Å². The highest BCUT2D eigenvalue weighted by atomic mass is 16.3. The second kappa shape index (κ2) is 6.71. The van der Waals surface area contributed by atoms with Gasteiger partial charge in [-0.2, -0.15) is 0 Å². The molecule has 0 rings (SSSR count). The number of carbonyl (C=O) groups excluding carboxylic acids is 2. The van der Waals surface area contributed by atoms with E-state index < -0.39 is 18.2 Å². The predicted molar refractivity (Wildman–Crippen MR) is 66.6 cm³/mol. The zero-order valence-corrected chi connectivity index (χ0v) is 11.5. The summed E-state index contributed by atoms with van der Waals surface area (Å²) in [6.45, 7) is 6.76. The van der Waals surface area contributed by atoms with Crippen molar-refractivity contribution in [1.82, 2.24) is 10.2 Å². The molecule has 0 aromatic heterocycles. The van der Waals surface area contributed by atoms with Crippen molar-refractivity contribution >= 4 is 11.7 Å². The number of hydrogen-bond acceptors (Lipinski definition) is 4. The Kier molecular flexibility index (Phi) is 6.34. The smallest absolute Gasteiger partial charge is 0.240 e. The molecule has 1 amide bonds. The van der Waals surface area contributed by atoms with Gasteiger partial charge in [0.1, 0.15) is 6.04 Å². The van der Waals surface area contributed by atoms with Gasteiger partial charge >= 0.3 is 0 Å². The van der Waals surface area contributed by atoms with Crippen LogP contribution in [0.3, 0.4) is 0 Å². The van der Waals surface area contributed by atoms with Crippen LogP contribution in [0.2, 0.25) is 0 Å². The van der Waals surface area contributed by atoms with E-state index in [2.05, 4.69) is 5.32 Å². The van der Waals surface area contributed by atoms with Crippen LogP contribution in [-0.2, 0) is 9.59 Å². The highest BCUT2D eigenvalue weighted by Gasteiger charge is 2.29. The zero-order chi connectivity index (χ0) is 13.7. The van der Waals surface area contributed by atoms with Gasteiger partial charge in [0.2, 0.25) is 5.91 Å². The minimum Gasteiger partial charge on any atom is -0.391 e. The second-order valence-corrected chi connectivity index (χ2v) is 4.99. The largest absolute Gasteiger partial charge is 0.391 e. The molecular weight excluding hydrogens is 220 g/mol. The van der Waals surface area contributed by atoms with Gasteiger partial charge in [-0.1, -0.05) is 13.8 Å². The summed E-state index contributed by atoms with van der Waals surface area (Å²) >= 11 is 0. The van der Waals surface area contributed by atoms with Crippen LogP contribution >= 0.6 is 0 Å². The van der Waals surface area contributed by atoms with Crippen molar-refractivity contribution in [3.05, 3.63) is 0 Å². The lowest BCUT2D eigenvalue weighted by Gasteiger charge is -2.28. The minimum atomic E-state index is -0.787. The van der Waals surface area contributed by atoms with Crippen molar-refractivity contribution in [3.8, 4) is 0 Å². The fraction of sp³-hybridized carbons (Fsp3) is 0.833. The monoisotopic (exact) mass is 244 g/mol. The summed E-state index contributed by atoms with van der Waals surface area (Å²) < 4.78 is 0. The molecule has 0 aromatic carbocycles. The number of amides is 1. The Hall–Kier alpha value is -0.940. The predicted octanol–water partition coefficient (Wildman–Crippen LogP) is 0.0272. The molecule has 0 aromatic rings. The van der Waals surface area contributed by atoms with E-state index in [1.807, 2.05) is 13.8 Å². The molecule has 0 bridgehead atoms. The number of aliphatic hydroxyl groups is 1. The fourth-order valence-corrected chi connectivity index (χ4v) is 1.86. The molecule has 5 heteroatoms. The van der Waals surface area contributed by atoms with Gasteiger partial charge in [-0.05, 0) is 33.9 Å². The summed E-state index contributed by atoms with van der Waals surface area (Å²) in [7, 11) is 3.43. The van der Waals surface area contributed by atoms with E-state index in [1.54, 1.807) is 25.9 Å². The van der Waals surface area contributed by atoms with Gasteiger partial charge < -0.3 is 10.4 Å². The van der Waals surface area contributed by atoms with E-state index in [0.717, 1.165) is 0 Å². The van der Waals surface area contributed by atoms with E-state index in [1.165, 1.54) is 6.92 Å². The summed E-state index contributed by atoms with van der Waals surface area (Å²) in [6, 6.07) is -1.14. The molecule has 100 valence electrons. The molecule has 0 saturated heterocycles.